The van der Waals surface area contributed by atoms with Crippen molar-refractivity contribution in [2.75, 3.05) is 58.9 Å². The van der Waals surface area contributed by atoms with Gasteiger partial charge in [0.25, 0.3) is 0 Å². The molecule has 0 aliphatic carbocycles. The van der Waals surface area contributed by atoms with Crippen LogP contribution in [0.3, 0.4) is 0 Å². The largest absolute Gasteiger partial charge is 0.493 e. The van der Waals surface area contributed by atoms with E-state index >= 15 is 0 Å². The van der Waals surface area contributed by atoms with Crippen molar-refractivity contribution in [3.63, 3.8) is 0 Å². The Morgan fingerprint density at radius 1 is 1.15 bits per heavy atom. The standard InChI is InChI=1S/C19H25N5O3/c1-25-15-10-13-14(11-16(15)26-2)23-18-17(13)21-12-22-19(18)20-4-3-5-24-6-8-27-9-7-24/h10-12,23H,3-9H2,1-2H3,(H,20,21,22). The van der Waals surface area contributed by atoms with Crippen LogP contribution in [0.2, 0.25) is 0 Å². The molecular formula is C19H25N5O3. The summed E-state index contributed by atoms with van der Waals surface area (Å²) < 4.78 is 16.2. The van der Waals surface area contributed by atoms with Crippen molar-refractivity contribution in [3.8, 4) is 11.5 Å². The van der Waals surface area contributed by atoms with Crippen LogP contribution in [-0.4, -0.2) is 73.5 Å². The first-order valence-corrected chi connectivity index (χ1v) is 9.22. The maximum atomic E-state index is 5.42. The van der Waals surface area contributed by atoms with Crippen LogP contribution < -0.4 is 14.8 Å². The lowest BCUT2D eigenvalue weighted by atomic mass is 10.2. The van der Waals surface area contributed by atoms with Gasteiger partial charge in [-0.25, -0.2) is 9.97 Å². The van der Waals surface area contributed by atoms with Gasteiger partial charge in [-0.1, -0.05) is 0 Å². The average molecular weight is 371 g/mol. The highest BCUT2D eigenvalue weighted by Gasteiger charge is 2.15. The Morgan fingerprint density at radius 2 is 1.93 bits per heavy atom. The number of anilines is 1. The van der Waals surface area contributed by atoms with Gasteiger partial charge in [0.2, 0.25) is 0 Å². The predicted molar refractivity (Wildman–Crippen MR) is 105 cm³/mol. The molecule has 1 saturated heterocycles. The molecule has 8 heteroatoms. The third-order valence-corrected chi connectivity index (χ3v) is 4.93. The highest BCUT2D eigenvalue weighted by molar-refractivity contribution is 6.09. The van der Waals surface area contributed by atoms with Crippen molar-refractivity contribution in [1.29, 1.82) is 0 Å². The minimum Gasteiger partial charge on any atom is -0.493 e. The summed E-state index contributed by atoms with van der Waals surface area (Å²) in [5, 5.41) is 4.43. The monoisotopic (exact) mass is 371 g/mol. The fourth-order valence-electron chi connectivity index (χ4n) is 3.49. The number of nitrogens with one attached hydrogen (secondary N) is 2. The molecule has 3 heterocycles. The van der Waals surface area contributed by atoms with Crippen LogP contribution in [-0.2, 0) is 4.74 Å². The highest BCUT2D eigenvalue weighted by atomic mass is 16.5. The predicted octanol–water partition coefficient (Wildman–Crippen LogP) is 2.26. The molecule has 0 saturated carbocycles. The van der Waals surface area contributed by atoms with E-state index in [4.69, 9.17) is 14.2 Å². The molecule has 0 atom stereocenters. The molecule has 0 amide bonds. The normalized spacial score (nSPS) is 15.3. The van der Waals surface area contributed by atoms with Gasteiger partial charge in [0, 0.05) is 31.1 Å². The van der Waals surface area contributed by atoms with E-state index in [2.05, 4.69) is 25.2 Å². The first-order chi connectivity index (χ1) is 13.3. The number of benzene rings is 1. The fraction of sp³-hybridized carbons (Fsp3) is 0.474. The van der Waals surface area contributed by atoms with Crippen LogP contribution in [0.4, 0.5) is 5.82 Å². The lowest BCUT2D eigenvalue weighted by molar-refractivity contribution is 0.0378. The summed E-state index contributed by atoms with van der Waals surface area (Å²) in [6.07, 6.45) is 2.64. The molecule has 4 rings (SSSR count). The van der Waals surface area contributed by atoms with Gasteiger partial charge in [0.05, 0.1) is 33.0 Å². The van der Waals surface area contributed by atoms with Gasteiger partial charge in [0.15, 0.2) is 17.3 Å². The second kappa shape index (κ2) is 7.98. The number of methoxy groups -OCH3 is 2. The molecule has 0 unspecified atom stereocenters. The molecule has 144 valence electrons. The van der Waals surface area contributed by atoms with E-state index in [-0.39, 0.29) is 0 Å². The van der Waals surface area contributed by atoms with E-state index in [1.54, 1.807) is 20.5 Å². The second-order valence-corrected chi connectivity index (χ2v) is 6.56. The number of hydrogen-bond donors (Lipinski definition) is 2. The topological polar surface area (TPSA) is 84.5 Å². The maximum absolute atomic E-state index is 5.42. The SMILES string of the molecule is COc1cc2[nH]c3c(NCCCN4CCOCC4)ncnc3c2cc1OC. The summed E-state index contributed by atoms with van der Waals surface area (Å²) in [5.74, 6) is 2.19. The molecule has 27 heavy (non-hydrogen) atoms. The van der Waals surface area contributed by atoms with E-state index in [0.717, 1.165) is 73.6 Å². The van der Waals surface area contributed by atoms with Gasteiger partial charge in [0.1, 0.15) is 17.4 Å². The molecule has 0 bridgehead atoms. The molecule has 3 aromatic rings. The zero-order valence-corrected chi connectivity index (χ0v) is 15.7. The summed E-state index contributed by atoms with van der Waals surface area (Å²) in [4.78, 5) is 14.7. The molecular weight excluding hydrogens is 346 g/mol. The summed E-state index contributed by atoms with van der Waals surface area (Å²) in [6, 6.07) is 3.88. The zero-order chi connectivity index (χ0) is 18.6. The number of morpholine rings is 1. The third-order valence-electron chi connectivity index (χ3n) is 4.93. The average Bonchev–Trinajstić information content (AvgIpc) is 3.09. The van der Waals surface area contributed by atoms with Gasteiger partial charge in [-0.05, 0) is 19.0 Å². The van der Waals surface area contributed by atoms with E-state index in [1.165, 1.54) is 0 Å². The first kappa shape index (κ1) is 17.8. The molecule has 1 aliphatic rings. The van der Waals surface area contributed by atoms with Crippen molar-refractivity contribution in [1.82, 2.24) is 19.9 Å². The van der Waals surface area contributed by atoms with Crippen LogP contribution >= 0.6 is 0 Å². The fourth-order valence-corrected chi connectivity index (χ4v) is 3.49. The number of fused-ring (bicyclic) bond motifs is 3. The molecule has 1 aliphatic heterocycles. The number of aromatic nitrogens is 3. The van der Waals surface area contributed by atoms with E-state index in [1.807, 2.05) is 12.1 Å². The van der Waals surface area contributed by atoms with Crippen LogP contribution in [0.5, 0.6) is 11.5 Å². The third kappa shape index (κ3) is 3.63. The van der Waals surface area contributed by atoms with Crippen LogP contribution in [0.25, 0.3) is 21.9 Å². The van der Waals surface area contributed by atoms with Gasteiger partial charge < -0.3 is 24.5 Å². The van der Waals surface area contributed by atoms with E-state index in [9.17, 15) is 0 Å². The Hall–Kier alpha value is -2.58. The molecule has 0 spiro atoms. The second-order valence-electron chi connectivity index (χ2n) is 6.56. The number of rotatable bonds is 7. The van der Waals surface area contributed by atoms with Gasteiger partial charge in [-0.15, -0.1) is 0 Å². The Kier molecular flexibility index (Phi) is 5.26. The van der Waals surface area contributed by atoms with Crippen LogP contribution in [0.1, 0.15) is 6.42 Å². The number of hydrogen-bond acceptors (Lipinski definition) is 7. The highest BCUT2D eigenvalue weighted by Crippen LogP contribution is 2.36. The van der Waals surface area contributed by atoms with Crippen LogP contribution in [0, 0.1) is 0 Å². The minimum atomic E-state index is 0.685. The summed E-state index contributed by atoms with van der Waals surface area (Å²) >= 11 is 0. The summed E-state index contributed by atoms with van der Waals surface area (Å²) in [7, 11) is 3.27. The lowest BCUT2D eigenvalue weighted by Gasteiger charge is -2.26. The smallest absolute Gasteiger partial charge is 0.162 e. The molecule has 2 aromatic heterocycles. The van der Waals surface area contributed by atoms with Crippen molar-refractivity contribution in [2.24, 2.45) is 0 Å². The van der Waals surface area contributed by atoms with E-state index in [0.29, 0.717) is 11.5 Å². The van der Waals surface area contributed by atoms with Gasteiger partial charge in [-0.3, -0.25) is 4.90 Å². The number of nitrogens with zero attached hydrogens (tertiary/aromatic N) is 3. The minimum absolute atomic E-state index is 0.685. The Morgan fingerprint density at radius 3 is 2.70 bits per heavy atom. The lowest BCUT2D eigenvalue weighted by Crippen LogP contribution is -2.37. The molecule has 2 N–H and O–H groups in total. The molecule has 0 radical (unpaired) electrons. The van der Waals surface area contributed by atoms with Crippen molar-refractivity contribution < 1.29 is 14.2 Å². The molecule has 1 fully saturated rings. The van der Waals surface area contributed by atoms with Crippen molar-refractivity contribution in [3.05, 3.63) is 18.5 Å². The molecule has 1 aromatic carbocycles. The Balaban J connectivity index is 1.52. The number of ether oxygens (including phenoxy) is 3. The summed E-state index contributed by atoms with van der Waals surface area (Å²) in [6.45, 7) is 5.62. The Bertz CT molecular complexity index is 920. The van der Waals surface area contributed by atoms with Gasteiger partial charge >= 0.3 is 0 Å². The molecule has 8 nitrogen and oxygen atoms in total. The number of aromatic amines is 1. The quantitative estimate of drug-likeness (QED) is 0.616. The number of H-pyrrole nitrogens is 1. The zero-order valence-electron chi connectivity index (χ0n) is 15.7. The van der Waals surface area contributed by atoms with Crippen molar-refractivity contribution in [2.45, 2.75) is 6.42 Å². The Labute approximate surface area is 157 Å². The maximum Gasteiger partial charge on any atom is 0.162 e. The van der Waals surface area contributed by atoms with Crippen LogP contribution in [0.15, 0.2) is 18.5 Å². The van der Waals surface area contributed by atoms with E-state index < -0.39 is 0 Å². The summed E-state index contributed by atoms with van der Waals surface area (Å²) in [5.41, 5.74) is 2.71. The first-order valence-electron chi connectivity index (χ1n) is 9.22. The van der Waals surface area contributed by atoms with Crippen molar-refractivity contribution >= 4 is 27.8 Å². The van der Waals surface area contributed by atoms with Gasteiger partial charge in [-0.2, -0.15) is 0 Å².